The van der Waals surface area contributed by atoms with E-state index < -0.39 is 60.6 Å². The molecular weight excluding hydrogens is 452 g/mol. The molecule has 2 aliphatic rings. The van der Waals surface area contributed by atoms with E-state index in [9.17, 15) is 39.9 Å². The lowest BCUT2D eigenvalue weighted by Gasteiger charge is -2.40. The number of aromatic hydroxyl groups is 2. The minimum absolute atomic E-state index is 0.0233. The van der Waals surface area contributed by atoms with Gasteiger partial charge >= 0.3 is 5.97 Å². The first-order valence-corrected chi connectivity index (χ1v) is 10.3. The highest BCUT2D eigenvalue weighted by Crippen LogP contribution is 2.41. The Morgan fingerprint density at radius 3 is 2.35 bits per heavy atom. The van der Waals surface area contributed by atoms with Crippen molar-refractivity contribution >= 4 is 17.5 Å². The van der Waals surface area contributed by atoms with Gasteiger partial charge in [-0.2, -0.15) is 0 Å². The molecule has 1 saturated heterocycles. The molecule has 0 aromatic heterocycles. The summed E-state index contributed by atoms with van der Waals surface area (Å²) in [6, 6.07) is 4.87. The zero-order valence-electron chi connectivity index (χ0n) is 18.1. The van der Waals surface area contributed by atoms with Crippen LogP contribution in [0.2, 0.25) is 0 Å². The summed E-state index contributed by atoms with van der Waals surface area (Å²) in [5.41, 5.74) is -0.407. The molecule has 0 bridgehead atoms. The van der Waals surface area contributed by atoms with E-state index in [1.807, 2.05) is 0 Å². The van der Waals surface area contributed by atoms with Crippen LogP contribution in [0.4, 0.5) is 0 Å². The molecule has 0 unspecified atom stereocenters. The zero-order chi connectivity index (χ0) is 24.9. The van der Waals surface area contributed by atoms with E-state index in [1.165, 1.54) is 25.1 Å². The van der Waals surface area contributed by atoms with Crippen LogP contribution in [0.1, 0.15) is 44.3 Å². The van der Waals surface area contributed by atoms with Gasteiger partial charge in [-0.05, 0) is 31.2 Å². The number of esters is 1. The number of hydrogen-bond donors (Lipinski definition) is 5. The van der Waals surface area contributed by atoms with Gasteiger partial charge in [-0.25, -0.2) is 0 Å². The molecule has 0 spiro atoms. The van der Waals surface area contributed by atoms with Gasteiger partial charge in [0.05, 0.1) is 5.56 Å². The molecule has 1 heterocycles. The van der Waals surface area contributed by atoms with Crippen molar-refractivity contribution in [3.8, 4) is 17.2 Å². The highest BCUT2D eigenvalue weighted by Gasteiger charge is 2.46. The van der Waals surface area contributed by atoms with Gasteiger partial charge in [0.1, 0.15) is 48.3 Å². The topological polar surface area (TPSA) is 180 Å². The fourth-order valence-electron chi connectivity index (χ4n) is 3.95. The number of ether oxygens (including phenoxy) is 3. The molecule has 11 nitrogen and oxygen atoms in total. The van der Waals surface area contributed by atoms with Gasteiger partial charge in [-0.15, -0.1) is 0 Å². The summed E-state index contributed by atoms with van der Waals surface area (Å²) in [6.07, 6.45) is -7.87. The quantitative estimate of drug-likeness (QED) is 0.319. The fraction of sp³-hybridized carbons (Fsp3) is 0.348. The van der Waals surface area contributed by atoms with Crippen molar-refractivity contribution in [1.82, 2.24) is 0 Å². The molecule has 1 aliphatic heterocycles. The summed E-state index contributed by atoms with van der Waals surface area (Å²) in [5.74, 6) is -2.80. The molecular formula is C23H22O11. The van der Waals surface area contributed by atoms with E-state index in [4.69, 9.17) is 14.2 Å². The molecule has 1 aliphatic carbocycles. The Labute approximate surface area is 192 Å². The van der Waals surface area contributed by atoms with Gasteiger partial charge in [-0.3, -0.25) is 14.4 Å². The van der Waals surface area contributed by atoms with Crippen molar-refractivity contribution in [3.63, 3.8) is 0 Å². The molecule has 2 aromatic rings. The second-order valence-electron chi connectivity index (χ2n) is 8.09. The number of aliphatic hydroxyl groups excluding tert-OH is 3. The van der Waals surface area contributed by atoms with Crippen LogP contribution in [0.15, 0.2) is 24.3 Å². The van der Waals surface area contributed by atoms with Crippen LogP contribution >= 0.6 is 0 Å². The third kappa shape index (κ3) is 3.88. The summed E-state index contributed by atoms with van der Waals surface area (Å²) < 4.78 is 15.9. The number of carbonyl (C=O) groups is 3. The molecule has 5 atom stereocenters. The van der Waals surface area contributed by atoms with E-state index in [1.54, 1.807) is 0 Å². The maximum Gasteiger partial charge on any atom is 0.302 e. The van der Waals surface area contributed by atoms with Gasteiger partial charge in [0.15, 0.2) is 11.6 Å². The fourth-order valence-corrected chi connectivity index (χ4v) is 3.95. The maximum atomic E-state index is 13.0. The number of phenols is 2. The number of aliphatic hydroxyl groups is 3. The third-order valence-corrected chi connectivity index (χ3v) is 5.83. The Balaban J connectivity index is 1.69. The second-order valence-corrected chi connectivity index (χ2v) is 8.09. The van der Waals surface area contributed by atoms with E-state index in [2.05, 4.69) is 0 Å². The van der Waals surface area contributed by atoms with Crippen molar-refractivity contribution in [1.29, 1.82) is 0 Å². The molecule has 180 valence electrons. The highest BCUT2D eigenvalue weighted by atomic mass is 16.7. The molecule has 34 heavy (non-hydrogen) atoms. The Bertz CT molecular complexity index is 1190. The van der Waals surface area contributed by atoms with Crippen LogP contribution in [0, 0.1) is 6.92 Å². The molecule has 11 heteroatoms. The van der Waals surface area contributed by atoms with Gasteiger partial charge in [0, 0.05) is 29.2 Å². The van der Waals surface area contributed by atoms with Crippen molar-refractivity contribution < 1.29 is 54.1 Å². The van der Waals surface area contributed by atoms with Crippen molar-refractivity contribution in [2.45, 2.75) is 44.6 Å². The predicted molar refractivity (Wildman–Crippen MR) is 112 cm³/mol. The number of ketones is 2. The minimum Gasteiger partial charge on any atom is -0.508 e. The molecule has 1 fully saturated rings. The largest absolute Gasteiger partial charge is 0.508 e. The standard InChI is InChI=1S/C23H22O11/c1-8-14(33-23-22(31)21(30)20(29)15(34-23)7-32-9(2)24)6-13-16(17(8)26)19(28)11-4-3-10(25)5-12(11)18(13)27/h3-6,15,20-23,25-26,29-31H,7H2,1-2H3/t15-,20+,21-,22-,23-/m1/s1. The van der Waals surface area contributed by atoms with E-state index >= 15 is 0 Å². The molecule has 4 rings (SSSR count). The van der Waals surface area contributed by atoms with Crippen molar-refractivity contribution in [3.05, 3.63) is 52.1 Å². The SMILES string of the molecule is CC(=O)OC[C@H]1O[C@@H](Oc2cc3c(c(O)c2C)C(=O)c2ccc(O)cc2C3=O)[C@H](O)[C@H](O)[C@H]1O. The average molecular weight is 474 g/mol. The number of fused-ring (bicyclic) bond motifs is 2. The first-order chi connectivity index (χ1) is 16.0. The third-order valence-electron chi connectivity index (χ3n) is 5.83. The lowest BCUT2D eigenvalue weighted by atomic mass is 9.82. The first-order valence-electron chi connectivity index (χ1n) is 10.3. The first kappa shape index (κ1) is 23.6. The summed E-state index contributed by atoms with van der Waals surface area (Å²) in [6.45, 7) is 2.12. The van der Waals surface area contributed by atoms with Crippen LogP contribution in [0.25, 0.3) is 0 Å². The van der Waals surface area contributed by atoms with Crippen LogP contribution in [0.5, 0.6) is 17.2 Å². The van der Waals surface area contributed by atoms with Gasteiger partial charge in [0.25, 0.3) is 0 Å². The molecule has 0 saturated carbocycles. The smallest absolute Gasteiger partial charge is 0.302 e. The summed E-state index contributed by atoms with van der Waals surface area (Å²) >= 11 is 0. The zero-order valence-corrected chi connectivity index (χ0v) is 18.1. The highest BCUT2D eigenvalue weighted by molar-refractivity contribution is 6.29. The average Bonchev–Trinajstić information content (AvgIpc) is 2.79. The van der Waals surface area contributed by atoms with Crippen molar-refractivity contribution in [2.24, 2.45) is 0 Å². The van der Waals surface area contributed by atoms with Gasteiger partial charge in [0.2, 0.25) is 6.29 Å². The molecule has 0 amide bonds. The lowest BCUT2D eigenvalue weighted by Crippen LogP contribution is -2.60. The number of phenolic OH excluding ortho intramolecular Hbond substituents is 2. The molecule has 0 radical (unpaired) electrons. The van der Waals surface area contributed by atoms with Gasteiger partial charge in [-0.1, -0.05) is 0 Å². The Morgan fingerprint density at radius 2 is 1.68 bits per heavy atom. The van der Waals surface area contributed by atoms with E-state index in [0.29, 0.717) is 0 Å². The Kier molecular flexibility index (Phi) is 6.04. The van der Waals surface area contributed by atoms with Gasteiger partial charge < -0.3 is 39.7 Å². The summed E-state index contributed by atoms with van der Waals surface area (Å²) in [4.78, 5) is 37.1. The summed E-state index contributed by atoms with van der Waals surface area (Å²) in [7, 11) is 0. The second kappa shape index (κ2) is 8.69. The number of benzene rings is 2. The Hall–Kier alpha value is -3.51. The monoisotopic (exact) mass is 474 g/mol. The van der Waals surface area contributed by atoms with E-state index in [0.717, 1.165) is 13.0 Å². The Morgan fingerprint density at radius 1 is 0.971 bits per heavy atom. The molecule has 2 aromatic carbocycles. The van der Waals surface area contributed by atoms with Crippen molar-refractivity contribution in [2.75, 3.05) is 6.61 Å². The maximum absolute atomic E-state index is 13.0. The minimum atomic E-state index is -1.74. The normalized spacial score (nSPS) is 26.0. The number of carbonyl (C=O) groups excluding carboxylic acids is 3. The van der Waals surface area contributed by atoms with Crippen LogP contribution < -0.4 is 4.74 Å². The molecule has 5 N–H and O–H groups in total. The van der Waals surface area contributed by atoms with Crippen LogP contribution in [0.3, 0.4) is 0 Å². The summed E-state index contributed by atoms with van der Waals surface area (Å²) in [5, 5.41) is 51.1. The number of hydrogen-bond acceptors (Lipinski definition) is 11. The predicted octanol–water partition coefficient (Wildman–Crippen LogP) is -0.0689. The van der Waals surface area contributed by atoms with E-state index in [-0.39, 0.29) is 39.3 Å². The number of rotatable bonds is 4. The lowest BCUT2D eigenvalue weighted by molar-refractivity contribution is -0.278. The van der Waals surface area contributed by atoms with Crippen LogP contribution in [-0.2, 0) is 14.3 Å². The van der Waals surface area contributed by atoms with Crippen LogP contribution in [-0.4, -0.2) is 80.4 Å².